The van der Waals surface area contributed by atoms with Gasteiger partial charge in [-0.3, -0.25) is 14.5 Å². The number of Topliss-reactive ketones (excluding diaryl/α,β-unsaturated/α-hetero) is 1. The summed E-state index contributed by atoms with van der Waals surface area (Å²) in [4.78, 5) is 32.0. The number of halogens is 1. The lowest BCUT2D eigenvalue weighted by Crippen LogP contribution is -2.29. The van der Waals surface area contributed by atoms with Crippen molar-refractivity contribution in [3.05, 3.63) is 83.1 Å². The molecule has 172 valence electrons. The highest BCUT2D eigenvalue weighted by Gasteiger charge is 2.49. The fourth-order valence-electron chi connectivity index (χ4n) is 3.92. The first kappa shape index (κ1) is 21.8. The number of ketones is 1. The van der Waals surface area contributed by atoms with Crippen molar-refractivity contribution < 1.29 is 28.2 Å². The molecule has 1 N–H and O–H groups in total. The van der Waals surface area contributed by atoms with Crippen LogP contribution in [0.3, 0.4) is 0 Å². The molecule has 2 aromatic carbocycles. The number of fused-ring (bicyclic) bond motifs is 1. The van der Waals surface area contributed by atoms with Crippen molar-refractivity contribution in [2.45, 2.75) is 19.9 Å². The van der Waals surface area contributed by atoms with Gasteiger partial charge < -0.3 is 14.3 Å². The van der Waals surface area contributed by atoms with Gasteiger partial charge in [0.2, 0.25) is 0 Å². The summed E-state index contributed by atoms with van der Waals surface area (Å²) in [5.74, 6) is -1.00. The number of ether oxygens (including phenoxy) is 1. The summed E-state index contributed by atoms with van der Waals surface area (Å²) < 4.78 is 25.5. The Morgan fingerprint density at radius 3 is 2.62 bits per heavy atom. The molecule has 3 heterocycles. The molecule has 1 atom stereocenters. The van der Waals surface area contributed by atoms with Crippen molar-refractivity contribution in [1.82, 2.24) is 4.98 Å². The average molecular weight is 479 g/mol. The topological polar surface area (TPSA) is 92.9 Å². The maximum atomic E-state index is 13.7. The third kappa shape index (κ3) is 3.63. The third-order valence-corrected chi connectivity index (χ3v) is 6.48. The van der Waals surface area contributed by atoms with Gasteiger partial charge in [0.15, 0.2) is 5.13 Å². The Morgan fingerprint density at radius 1 is 1.18 bits per heavy atom. The van der Waals surface area contributed by atoms with E-state index in [1.807, 2.05) is 6.92 Å². The second-order valence-corrected chi connectivity index (χ2v) is 8.69. The highest BCUT2D eigenvalue weighted by molar-refractivity contribution is 7.22. The number of rotatable bonds is 5. The van der Waals surface area contributed by atoms with Gasteiger partial charge in [0.1, 0.15) is 34.9 Å². The van der Waals surface area contributed by atoms with E-state index in [9.17, 15) is 19.1 Å². The van der Waals surface area contributed by atoms with E-state index in [1.54, 1.807) is 43.3 Å². The van der Waals surface area contributed by atoms with Gasteiger partial charge in [0.25, 0.3) is 5.78 Å². The van der Waals surface area contributed by atoms with Gasteiger partial charge in [-0.2, -0.15) is 0 Å². The monoisotopic (exact) mass is 478 g/mol. The molecule has 4 aromatic rings. The van der Waals surface area contributed by atoms with E-state index in [4.69, 9.17) is 9.15 Å². The predicted octanol–water partition coefficient (Wildman–Crippen LogP) is 5.36. The highest BCUT2D eigenvalue weighted by atomic mass is 32.1. The number of furan rings is 1. The second kappa shape index (κ2) is 8.42. The molecule has 34 heavy (non-hydrogen) atoms. The SMILES string of the molecule is CCOc1ccc(/C(O)=C2\C(=O)C(=O)N(c3nc4ccc(F)cc4s3)C2c2ccc(C)o2)cc1. The lowest BCUT2D eigenvalue weighted by molar-refractivity contribution is -0.132. The second-order valence-electron chi connectivity index (χ2n) is 7.68. The van der Waals surface area contributed by atoms with Gasteiger partial charge in [0, 0.05) is 5.56 Å². The first-order valence-corrected chi connectivity index (χ1v) is 11.4. The van der Waals surface area contributed by atoms with Crippen LogP contribution in [0.2, 0.25) is 0 Å². The number of hydrogen-bond donors (Lipinski definition) is 1. The Bertz CT molecular complexity index is 1450. The zero-order valence-electron chi connectivity index (χ0n) is 18.2. The van der Waals surface area contributed by atoms with Gasteiger partial charge in [-0.15, -0.1) is 0 Å². The first-order chi connectivity index (χ1) is 16.4. The van der Waals surface area contributed by atoms with E-state index in [0.717, 1.165) is 11.3 Å². The van der Waals surface area contributed by atoms with Gasteiger partial charge in [-0.1, -0.05) is 11.3 Å². The van der Waals surface area contributed by atoms with E-state index < -0.39 is 23.5 Å². The molecule has 0 bridgehead atoms. The zero-order valence-corrected chi connectivity index (χ0v) is 19.1. The van der Waals surface area contributed by atoms with Crippen LogP contribution in [-0.2, 0) is 9.59 Å². The minimum Gasteiger partial charge on any atom is -0.507 e. The Hall–Kier alpha value is -3.98. The fourth-order valence-corrected chi connectivity index (χ4v) is 4.94. The zero-order chi connectivity index (χ0) is 24.0. The number of carbonyl (C=O) groups is 2. The number of thiazole rings is 1. The molecule has 1 saturated heterocycles. The molecule has 0 radical (unpaired) electrons. The molecule has 5 rings (SSSR count). The van der Waals surface area contributed by atoms with Crippen LogP contribution in [0.4, 0.5) is 9.52 Å². The number of aliphatic hydroxyl groups is 1. The van der Waals surface area contributed by atoms with Crippen molar-refractivity contribution in [2.75, 3.05) is 11.5 Å². The molecule has 0 aliphatic carbocycles. The molecular weight excluding hydrogens is 459 g/mol. The summed E-state index contributed by atoms with van der Waals surface area (Å²) in [6.07, 6.45) is 0. The molecule has 0 spiro atoms. The van der Waals surface area contributed by atoms with Gasteiger partial charge in [0.05, 0.1) is 22.4 Å². The van der Waals surface area contributed by atoms with Crippen molar-refractivity contribution in [2.24, 2.45) is 0 Å². The molecule has 1 amide bonds. The number of aromatic nitrogens is 1. The van der Waals surface area contributed by atoms with Crippen LogP contribution < -0.4 is 9.64 Å². The van der Waals surface area contributed by atoms with E-state index >= 15 is 0 Å². The van der Waals surface area contributed by atoms with Crippen LogP contribution in [0, 0.1) is 12.7 Å². The maximum absolute atomic E-state index is 13.7. The van der Waals surface area contributed by atoms with Crippen LogP contribution in [0.15, 0.2) is 64.6 Å². The molecule has 9 heteroatoms. The quantitative estimate of drug-likeness (QED) is 0.236. The van der Waals surface area contributed by atoms with Crippen molar-refractivity contribution >= 4 is 44.1 Å². The standard InChI is InChI=1S/C25H19FN2O5S/c1-3-32-16-8-5-14(6-9-16)22(29)20-21(18-11-4-13(2)33-18)28(24(31)23(20)30)25-27-17-10-7-15(26)12-19(17)34-25/h4-12,21,29H,3H2,1-2H3/b22-20+. The van der Waals surface area contributed by atoms with Gasteiger partial charge in [-0.05, 0) is 68.4 Å². The summed E-state index contributed by atoms with van der Waals surface area (Å²) >= 11 is 1.08. The van der Waals surface area contributed by atoms with Gasteiger partial charge in [-0.25, -0.2) is 9.37 Å². The Kier molecular flexibility index (Phi) is 5.41. The maximum Gasteiger partial charge on any atom is 0.302 e. The van der Waals surface area contributed by atoms with Crippen molar-refractivity contribution in [3.63, 3.8) is 0 Å². The molecule has 7 nitrogen and oxygen atoms in total. The minimum atomic E-state index is -1.04. The van der Waals surface area contributed by atoms with E-state index in [0.29, 0.717) is 39.7 Å². The van der Waals surface area contributed by atoms with Crippen LogP contribution >= 0.6 is 11.3 Å². The Morgan fingerprint density at radius 2 is 1.94 bits per heavy atom. The Labute approximate surface area is 197 Å². The molecule has 0 saturated carbocycles. The number of carbonyl (C=O) groups excluding carboxylic acids is 2. The summed E-state index contributed by atoms with van der Waals surface area (Å²) in [7, 11) is 0. The molecule has 2 aromatic heterocycles. The summed E-state index contributed by atoms with van der Waals surface area (Å²) in [5.41, 5.74) is 0.722. The number of anilines is 1. The van der Waals surface area contributed by atoms with Crippen LogP contribution in [-0.4, -0.2) is 28.4 Å². The van der Waals surface area contributed by atoms with E-state index in [1.165, 1.54) is 23.1 Å². The number of nitrogens with zero attached hydrogens (tertiary/aromatic N) is 2. The number of benzene rings is 2. The summed E-state index contributed by atoms with van der Waals surface area (Å²) in [6, 6.07) is 13.0. The summed E-state index contributed by atoms with van der Waals surface area (Å²) in [5, 5.41) is 11.3. The van der Waals surface area contributed by atoms with Crippen molar-refractivity contribution in [1.29, 1.82) is 0 Å². The van der Waals surface area contributed by atoms with Gasteiger partial charge >= 0.3 is 5.91 Å². The molecule has 1 aliphatic heterocycles. The number of hydrogen-bond acceptors (Lipinski definition) is 7. The smallest absolute Gasteiger partial charge is 0.302 e. The average Bonchev–Trinajstić information content (AvgIpc) is 3.50. The Balaban J connectivity index is 1.67. The lowest BCUT2D eigenvalue weighted by atomic mass is 9.99. The first-order valence-electron chi connectivity index (χ1n) is 10.5. The number of aryl methyl sites for hydroxylation is 1. The largest absolute Gasteiger partial charge is 0.507 e. The lowest BCUT2D eigenvalue weighted by Gasteiger charge is -2.20. The molecular formula is C25H19FN2O5S. The predicted molar refractivity (Wildman–Crippen MR) is 125 cm³/mol. The van der Waals surface area contributed by atoms with E-state index in [-0.39, 0.29) is 16.5 Å². The molecule has 1 fully saturated rings. The van der Waals surface area contributed by atoms with E-state index in [2.05, 4.69) is 4.98 Å². The third-order valence-electron chi connectivity index (χ3n) is 5.46. The van der Waals surface area contributed by atoms with Crippen LogP contribution in [0.5, 0.6) is 5.75 Å². The fraction of sp³-hybridized carbons (Fsp3) is 0.160. The highest BCUT2D eigenvalue weighted by Crippen LogP contribution is 2.44. The van der Waals surface area contributed by atoms with Crippen molar-refractivity contribution in [3.8, 4) is 5.75 Å². The number of aliphatic hydroxyl groups excluding tert-OH is 1. The molecule has 1 aliphatic rings. The van der Waals surface area contributed by atoms with Crippen LogP contribution in [0.1, 0.15) is 30.0 Å². The minimum absolute atomic E-state index is 0.117. The summed E-state index contributed by atoms with van der Waals surface area (Å²) in [6.45, 7) is 4.08. The number of amides is 1. The normalized spacial score (nSPS) is 17.6. The van der Waals surface area contributed by atoms with Crippen LogP contribution in [0.25, 0.3) is 16.0 Å². The molecule has 1 unspecified atom stereocenters.